The van der Waals surface area contributed by atoms with Gasteiger partial charge in [-0.1, -0.05) is 12.1 Å². The minimum atomic E-state index is -0.642. The number of para-hydroxylation sites is 1. The topological polar surface area (TPSA) is 83.8 Å². The third-order valence-corrected chi connectivity index (χ3v) is 4.20. The van der Waals surface area contributed by atoms with Crippen molar-refractivity contribution in [2.45, 2.75) is 16.4 Å². The molecule has 0 fully saturated rings. The van der Waals surface area contributed by atoms with E-state index in [4.69, 9.17) is 9.15 Å². The Morgan fingerprint density at radius 1 is 1.33 bits per heavy atom. The van der Waals surface area contributed by atoms with Gasteiger partial charge in [0.2, 0.25) is 5.78 Å². The van der Waals surface area contributed by atoms with Crippen molar-refractivity contribution in [3.8, 4) is 5.75 Å². The van der Waals surface area contributed by atoms with Crippen LogP contribution in [0.4, 0.5) is 0 Å². The standard InChI is InChI=1S/C16H15N3O4S/c1-22-13-4-2-3-5-14(13)24-15-9-11(10-23-15)8-12(20)16(21)19-7-6-17-18-19/h2-7,9-10,17-18H,8H2,1H3. The molecule has 24 heavy (non-hydrogen) atoms. The smallest absolute Gasteiger partial charge is 0.309 e. The molecule has 3 rings (SSSR count). The SMILES string of the molecule is COc1ccccc1Sc1cc(CC(=O)C(=O)N2C=CNN2)co1. The van der Waals surface area contributed by atoms with Crippen molar-refractivity contribution in [3.63, 3.8) is 0 Å². The molecule has 1 amide bonds. The third kappa shape index (κ3) is 3.61. The van der Waals surface area contributed by atoms with Crippen LogP contribution in [0.1, 0.15) is 5.56 Å². The molecular formula is C16H15N3O4S. The molecular weight excluding hydrogens is 330 g/mol. The van der Waals surface area contributed by atoms with E-state index < -0.39 is 11.7 Å². The number of carbonyl (C=O) groups is 2. The molecule has 2 N–H and O–H groups in total. The van der Waals surface area contributed by atoms with Gasteiger partial charge in [-0.15, -0.1) is 5.53 Å². The fourth-order valence-corrected chi connectivity index (χ4v) is 3.00. The molecule has 2 aromatic rings. The van der Waals surface area contributed by atoms with Crippen molar-refractivity contribution in [2.75, 3.05) is 7.11 Å². The highest BCUT2D eigenvalue weighted by atomic mass is 32.2. The monoisotopic (exact) mass is 345 g/mol. The van der Waals surface area contributed by atoms with Crippen LogP contribution in [0.5, 0.6) is 5.75 Å². The Balaban J connectivity index is 1.64. The summed E-state index contributed by atoms with van der Waals surface area (Å²) < 4.78 is 10.8. The number of hydrogen-bond donors (Lipinski definition) is 2. The second-order valence-electron chi connectivity index (χ2n) is 4.87. The predicted octanol–water partition coefficient (Wildman–Crippen LogP) is 1.87. The number of carbonyl (C=O) groups excluding carboxylic acids is 2. The fraction of sp³-hybridized carbons (Fsp3) is 0.125. The molecule has 0 saturated carbocycles. The number of hydrazine groups is 2. The van der Waals surface area contributed by atoms with Gasteiger partial charge in [-0.25, -0.2) is 5.01 Å². The summed E-state index contributed by atoms with van der Waals surface area (Å²) in [5, 5.41) is 1.71. The van der Waals surface area contributed by atoms with E-state index in [-0.39, 0.29) is 6.42 Å². The predicted molar refractivity (Wildman–Crippen MR) is 86.8 cm³/mol. The number of nitrogens with zero attached hydrogens (tertiary/aromatic N) is 1. The summed E-state index contributed by atoms with van der Waals surface area (Å²) in [5.41, 5.74) is 5.78. The van der Waals surface area contributed by atoms with E-state index in [0.717, 1.165) is 15.7 Å². The quantitative estimate of drug-likeness (QED) is 0.773. The molecule has 0 saturated heterocycles. The Morgan fingerprint density at radius 2 is 2.17 bits per heavy atom. The van der Waals surface area contributed by atoms with Crippen LogP contribution in [0.2, 0.25) is 0 Å². The summed E-state index contributed by atoms with van der Waals surface area (Å²) in [5.74, 6) is -0.437. The number of methoxy groups -OCH3 is 1. The summed E-state index contributed by atoms with van der Waals surface area (Å²) in [6, 6.07) is 9.31. The normalized spacial score (nSPS) is 13.0. The first kappa shape index (κ1) is 16.2. The van der Waals surface area contributed by atoms with Crippen molar-refractivity contribution in [1.29, 1.82) is 0 Å². The van der Waals surface area contributed by atoms with Crippen LogP contribution in [0.3, 0.4) is 0 Å². The van der Waals surface area contributed by atoms with Crippen molar-refractivity contribution < 1.29 is 18.7 Å². The lowest BCUT2D eigenvalue weighted by atomic mass is 10.1. The molecule has 7 nitrogen and oxygen atoms in total. The molecule has 2 heterocycles. The Hall–Kier alpha value is -2.71. The molecule has 124 valence electrons. The first-order chi connectivity index (χ1) is 11.7. The number of furan rings is 1. The first-order valence-electron chi connectivity index (χ1n) is 7.10. The highest BCUT2D eigenvalue weighted by Gasteiger charge is 2.22. The van der Waals surface area contributed by atoms with Crippen LogP contribution in [0.15, 0.2) is 63.4 Å². The number of amides is 1. The van der Waals surface area contributed by atoms with Gasteiger partial charge in [0, 0.05) is 18.8 Å². The zero-order valence-corrected chi connectivity index (χ0v) is 13.6. The largest absolute Gasteiger partial charge is 0.496 e. The van der Waals surface area contributed by atoms with E-state index in [2.05, 4.69) is 11.0 Å². The van der Waals surface area contributed by atoms with Crippen molar-refractivity contribution in [2.24, 2.45) is 0 Å². The van der Waals surface area contributed by atoms with Gasteiger partial charge < -0.3 is 14.6 Å². The van der Waals surface area contributed by atoms with Crippen LogP contribution in [0, 0.1) is 0 Å². The molecule has 0 radical (unpaired) electrons. The number of ether oxygens (including phenoxy) is 1. The summed E-state index contributed by atoms with van der Waals surface area (Å²) >= 11 is 1.39. The van der Waals surface area contributed by atoms with Crippen molar-refractivity contribution in [3.05, 3.63) is 54.6 Å². The summed E-state index contributed by atoms with van der Waals surface area (Å²) in [6.45, 7) is 0. The third-order valence-electron chi connectivity index (χ3n) is 3.22. The molecule has 0 bridgehead atoms. The highest BCUT2D eigenvalue weighted by Crippen LogP contribution is 2.35. The number of ketones is 1. The van der Waals surface area contributed by atoms with Gasteiger partial charge in [0.25, 0.3) is 0 Å². The lowest BCUT2D eigenvalue weighted by molar-refractivity contribution is -0.144. The lowest BCUT2D eigenvalue weighted by Crippen LogP contribution is -2.43. The van der Waals surface area contributed by atoms with Gasteiger partial charge in [-0.05, 0) is 35.5 Å². The van der Waals surface area contributed by atoms with Crippen LogP contribution in [-0.2, 0) is 16.0 Å². The molecule has 1 aromatic carbocycles. The minimum Gasteiger partial charge on any atom is -0.496 e. The van der Waals surface area contributed by atoms with Crippen LogP contribution < -0.4 is 15.7 Å². The van der Waals surface area contributed by atoms with E-state index >= 15 is 0 Å². The van der Waals surface area contributed by atoms with Gasteiger partial charge in [-0.2, -0.15) is 0 Å². The number of benzene rings is 1. The molecule has 1 aliphatic heterocycles. The van der Waals surface area contributed by atoms with E-state index in [0.29, 0.717) is 10.7 Å². The van der Waals surface area contributed by atoms with E-state index in [9.17, 15) is 9.59 Å². The Kier molecular flexibility index (Phi) is 4.88. The minimum absolute atomic E-state index is 0.0269. The molecule has 0 atom stereocenters. The Labute approximate surface area is 142 Å². The van der Waals surface area contributed by atoms with E-state index in [1.165, 1.54) is 30.4 Å². The number of nitrogens with one attached hydrogen (secondary N) is 2. The van der Waals surface area contributed by atoms with E-state index in [1.807, 2.05) is 24.3 Å². The van der Waals surface area contributed by atoms with Gasteiger partial charge in [0.15, 0.2) is 5.09 Å². The summed E-state index contributed by atoms with van der Waals surface area (Å²) in [4.78, 5) is 24.8. The van der Waals surface area contributed by atoms with Crippen molar-refractivity contribution >= 4 is 23.5 Å². The van der Waals surface area contributed by atoms with Crippen molar-refractivity contribution in [1.82, 2.24) is 16.0 Å². The second kappa shape index (κ2) is 7.24. The Bertz CT molecular complexity index is 787. The zero-order valence-electron chi connectivity index (χ0n) is 12.8. The van der Waals surface area contributed by atoms with Crippen LogP contribution >= 0.6 is 11.8 Å². The molecule has 1 aromatic heterocycles. The summed E-state index contributed by atoms with van der Waals surface area (Å²) in [7, 11) is 1.60. The first-order valence-corrected chi connectivity index (χ1v) is 7.91. The van der Waals surface area contributed by atoms with Crippen LogP contribution in [-0.4, -0.2) is 23.8 Å². The number of Topliss-reactive ketones (excluding diaryl/α,β-unsaturated/α-hetero) is 1. The molecule has 0 unspecified atom stereocenters. The Morgan fingerprint density at radius 3 is 2.92 bits per heavy atom. The maximum atomic E-state index is 12.0. The summed E-state index contributed by atoms with van der Waals surface area (Å²) in [6.07, 6.45) is 4.42. The number of rotatable bonds is 6. The van der Waals surface area contributed by atoms with Gasteiger partial charge in [-0.3, -0.25) is 9.59 Å². The van der Waals surface area contributed by atoms with Gasteiger partial charge in [0.05, 0.1) is 18.3 Å². The van der Waals surface area contributed by atoms with Crippen LogP contribution in [0.25, 0.3) is 0 Å². The van der Waals surface area contributed by atoms with Gasteiger partial charge in [0.1, 0.15) is 5.75 Å². The average Bonchev–Trinajstić information content (AvgIpc) is 3.27. The highest BCUT2D eigenvalue weighted by molar-refractivity contribution is 7.99. The maximum Gasteiger partial charge on any atom is 0.309 e. The average molecular weight is 345 g/mol. The molecule has 0 aliphatic carbocycles. The molecule has 1 aliphatic rings. The lowest BCUT2D eigenvalue weighted by Gasteiger charge is -2.11. The van der Waals surface area contributed by atoms with E-state index in [1.54, 1.807) is 13.2 Å². The second-order valence-corrected chi connectivity index (χ2v) is 5.92. The number of hydrogen-bond acceptors (Lipinski definition) is 7. The zero-order chi connectivity index (χ0) is 16.9. The molecule has 0 spiro atoms. The molecule has 8 heteroatoms. The fourth-order valence-electron chi connectivity index (χ4n) is 2.08. The maximum absolute atomic E-state index is 12.0. The van der Waals surface area contributed by atoms with Gasteiger partial charge >= 0.3 is 5.91 Å².